The molecule has 0 saturated carbocycles. The second-order valence-corrected chi connectivity index (χ2v) is 7.77. The monoisotopic (exact) mass is 385 g/mol. The summed E-state index contributed by atoms with van der Waals surface area (Å²) in [6, 6.07) is 15.7. The summed E-state index contributed by atoms with van der Waals surface area (Å²) in [7, 11) is 0. The van der Waals surface area contributed by atoms with Crippen LogP contribution in [0.3, 0.4) is 0 Å². The lowest BCUT2D eigenvalue weighted by Gasteiger charge is -2.13. The number of nitrogens with zero attached hydrogens (tertiary/aromatic N) is 2. The summed E-state index contributed by atoms with van der Waals surface area (Å²) in [5, 5.41) is 4.19. The predicted octanol–water partition coefficient (Wildman–Crippen LogP) is 4.63. The Bertz CT molecular complexity index is 892. The smallest absolute Gasteiger partial charge is 0.233 e. The average molecular weight is 386 g/mol. The Morgan fingerprint density at radius 2 is 2.04 bits per heavy atom. The quantitative estimate of drug-likeness (QED) is 0.629. The Kier molecular flexibility index (Phi) is 6.01. The van der Waals surface area contributed by atoms with Crippen molar-refractivity contribution in [2.45, 2.75) is 30.8 Å². The van der Waals surface area contributed by atoms with E-state index in [1.807, 2.05) is 54.1 Å². The third-order valence-electron chi connectivity index (χ3n) is 3.92. The molecule has 1 unspecified atom stereocenters. The number of imidazole rings is 1. The number of halogens is 1. The molecule has 0 aliphatic heterocycles. The van der Waals surface area contributed by atoms with E-state index in [4.69, 9.17) is 11.6 Å². The summed E-state index contributed by atoms with van der Waals surface area (Å²) in [5.74, 6) is -0.0243. The number of thioether (sulfide) groups is 1. The van der Waals surface area contributed by atoms with Crippen molar-refractivity contribution in [3.63, 3.8) is 0 Å². The maximum absolute atomic E-state index is 12.4. The number of carbonyl (C=O) groups is 1. The van der Waals surface area contributed by atoms with Gasteiger partial charge in [0.05, 0.1) is 5.25 Å². The molecular formula is C20H20ClN3OS. The van der Waals surface area contributed by atoms with Crippen molar-refractivity contribution in [2.24, 2.45) is 0 Å². The molecule has 26 heavy (non-hydrogen) atoms. The molecule has 0 radical (unpaired) electrons. The number of aryl methyl sites for hydroxylation is 1. The van der Waals surface area contributed by atoms with Crippen molar-refractivity contribution in [3.8, 4) is 5.69 Å². The van der Waals surface area contributed by atoms with Gasteiger partial charge < -0.3 is 5.32 Å². The average Bonchev–Trinajstić information content (AvgIpc) is 3.09. The molecule has 1 N–H and O–H groups in total. The largest absolute Gasteiger partial charge is 0.351 e. The standard InChI is InChI=1S/C20H20ClN3OS/c1-14-4-3-5-18(12-14)24-11-10-22-20(24)26-15(2)19(25)23-13-16-6-8-17(21)9-7-16/h3-12,15H,13H2,1-2H3,(H,23,25). The van der Waals surface area contributed by atoms with Crippen LogP contribution in [0.2, 0.25) is 5.02 Å². The second kappa shape index (κ2) is 8.43. The van der Waals surface area contributed by atoms with E-state index in [-0.39, 0.29) is 11.2 Å². The fourth-order valence-electron chi connectivity index (χ4n) is 2.50. The van der Waals surface area contributed by atoms with Gasteiger partial charge >= 0.3 is 0 Å². The Morgan fingerprint density at radius 3 is 2.77 bits per heavy atom. The Labute approximate surface area is 162 Å². The van der Waals surface area contributed by atoms with Crippen molar-refractivity contribution in [1.82, 2.24) is 14.9 Å². The maximum atomic E-state index is 12.4. The Morgan fingerprint density at radius 1 is 1.27 bits per heavy atom. The molecule has 3 rings (SSSR count). The minimum Gasteiger partial charge on any atom is -0.351 e. The zero-order valence-electron chi connectivity index (χ0n) is 14.6. The molecular weight excluding hydrogens is 366 g/mol. The first-order valence-electron chi connectivity index (χ1n) is 8.32. The predicted molar refractivity (Wildman–Crippen MR) is 107 cm³/mol. The van der Waals surface area contributed by atoms with Crippen LogP contribution in [0.5, 0.6) is 0 Å². The molecule has 134 valence electrons. The van der Waals surface area contributed by atoms with Crippen LogP contribution in [0.25, 0.3) is 5.69 Å². The molecule has 0 bridgehead atoms. The molecule has 0 spiro atoms. The van der Waals surface area contributed by atoms with Crippen molar-refractivity contribution < 1.29 is 4.79 Å². The zero-order chi connectivity index (χ0) is 18.5. The van der Waals surface area contributed by atoms with Gasteiger partial charge in [-0.3, -0.25) is 9.36 Å². The van der Waals surface area contributed by atoms with Crippen LogP contribution in [0.4, 0.5) is 0 Å². The van der Waals surface area contributed by atoms with E-state index in [0.29, 0.717) is 11.6 Å². The van der Waals surface area contributed by atoms with Gasteiger partial charge in [-0.25, -0.2) is 4.98 Å². The normalized spacial score (nSPS) is 12.0. The fraction of sp³-hybridized carbons (Fsp3) is 0.200. The SMILES string of the molecule is Cc1cccc(-n2ccnc2SC(C)C(=O)NCc2ccc(Cl)cc2)c1. The minimum atomic E-state index is -0.256. The molecule has 1 amide bonds. The molecule has 6 heteroatoms. The molecule has 2 aromatic carbocycles. The van der Waals surface area contributed by atoms with E-state index in [1.54, 1.807) is 6.20 Å². The first-order chi connectivity index (χ1) is 12.5. The summed E-state index contributed by atoms with van der Waals surface area (Å²) >= 11 is 7.32. The summed E-state index contributed by atoms with van der Waals surface area (Å²) in [6.07, 6.45) is 3.67. The number of aromatic nitrogens is 2. The lowest BCUT2D eigenvalue weighted by atomic mass is 10.2. The third-order valence-corrected chi connectivity index (χ3v) is 5.25. The number of benzene rings is 2. The highest BCUT2D eigenvalue weighted by molar-refractivity contribution is 8.00. The zero-order valence-corrected chi connectivity index (χ0v) is 16.2. The van der Waals surface area contributed by atoms with Crippen LogP contribution in [0, 0.1) is 6.92 Å². The van der Waals surface area contributed by atoms with Gasteiger partial charge in [-0.15, -0.1) is 0 Å². The van der Waals surface area contributed by atoms with Crippen LogP contribution >= 0.6 is 23.4 Å². The first-order valence-corrected chi connectivity index (χ1v) is 9.58. The molecule has 3 aromatic rings. The van der Waals surface area contributed by atoms with Crippen LogP contribution in [0.1, 0.15) is 18.1 Å². The fourth-order valence-corrected chi connectivity index (χ4v) is 3.53. The third kappa shape index (κ3) is 4.68. The van der Waals surface area contributed by atoms with Crippen LogP contribution in [-0.4, -0.2) is 20.7 Å². The summed E-state index contributed by atoms with van der Waals surface area (Å²) in [4.78, 5) is 16.8. The molecule has 0 aliphatic carbocycles. The van der Waals surface area contributed by atoms with Gasteiger partial charge in [0.25, 0.3) is 0 Å². The summed E-state index contributed by atoms with van der Waals surface area (Å²) in [5.41, 5.74) is 3.24. The maximum Gasteiger partial charge on any atom is 0.233 e. The van der Waals surface area contributed by atoms with Gasteiger partial charge in [-0.05, 0) is 49.2 Å². The summed E-state index contributed by atoms with van der Waals surface area (Å²) < 4.78 is 2.00. The molecule has 1 atom stereocenters. The Balaban J connectivity index is 1.63. The van der Waals surface area contributed by atoms with Gasteiger partial charge in [0, 0.05) is 29.6 Å². The van der Waals surface area contributed by atoms with Crippen LogP contribution in [-0.2, 0) is 11.3 Å². The lowest BCUT2D eigenvalue weighted by molar-refractivity contribution is -0.120. The molecule has 0 aliphatic rings. The van der Waals surface area contributed by atoms with Crippen molar-refractivity contribution in [3.05, 3.63) is 77.1 Å². The highest BCUT2D eigenvalue weighted by Crippen LogP contribution is 2.25. The molecule has 4 nitrogen and oxygen atoms in total. The Hall–Kier alpha value is -2.24. The first kappa shape index (κ1) is 18.5. The van der Waals surface area contributed by atoms with E-state index in [9.17, 15) is 4.79 Å². The molecule has 1 heterocycles. The highest BCUT2D eigenvalue weighted by atomic mass is 35.5. The number of carbonyl (C=O) groups excluding carboxylic acids is 1. The number of hydrogen-bond acceptors (Lipinski definition) is 3. The van der Waals surface area contributed by atoms with E-state index < -0.39 is 0 Å². The minimum absolute atomic E-state index is 0.0243. The molecule has 0 saturated heterocycles. The molecule has 1 aromatic heterocycles. The van der Waals surface area contributed by atoms with Crippen LogP contribution in [0.15, 0.2) is 66.1 Å². The van der Waals surface area contributed by atoms with E-state index >= 15 is 0 Å². The number of amides is 1. The molecule has 0 fully saturated rings. The van der Waals surface area contributed by atoms with Crippen LogP contribution < -0.4 is 5.32 Å². The van der Waals surface area contributed by atoms with E-state index in [1.165, 1.54) is 17.3 Å². The van der Waals surface area contributed by atoms with E-state index in [2.05, 4.69) is 29.4 Å². The second-order valence-electron chi connectivity index (χ2n) is 6.02. The number of hydrogen-bond donors (Lipinski definition) is 1. The van der Waals surface area contributed by atoms with Gasteiger partial charge in [0.2, 0.25) is 5.91 Å². The van der Waals surface area contributed by atoms with E-state index in [0.717, 1.165) is 16.4 Å². The lowest BCUT2D eigenvalue weighted by Crippen LogP contribution is -2.30. The van der Waals surface area contributed by atoms with Gasteiger partial charge in [0.15, 0.2) is 5.16 Å². The summed E-state index contributed by atoms with van der Waals surface area (Å²) in [6.45, 7) is 4.42. The van der Waals surface area contributed by atoms with Crippen molar-refractivity contribution in [2.75, 3.05) is 0 Å². The topological polar surface area (TPSA) is 46.9 Å². The number of rotatable bonds is 6. The van der Waals surface area contributed by atoms with Gasteiger partial charge in [-0.2, -0.15) is 0 Å². The van der Waals surface area contributed by atoms with Crippen molar-refractivity contribution in [1.29, 1.82) is 0 Å². The van der Waals surface area contributed by atoms with Gasteiger partial charge in [-0.1, -0.05) is 47.6 Å². The highest BCUT2D eigenvalue weighted by Gasteiger charge is 2.17. The van der Waals surface area contributed by atoms with Gasteiger partial charge in [0.1, 0.15) is 0 Å². The van der Waals surface area contributed by atoms with Crippen molar-refractivity contribution >= 4 is 29.3 Å². The number of nitrogens with one attached hydrogen (secondary N) is 1.